The molecule has 0 unspecified atom stereocenters. The average Bonchev–Trinajstić information content (AvgIpc) is 3.30. The quantitative estimate of drug-likeness (QED) is 0.275. The topological polar surface area (TPSA) is 114 Å². The number of halogens is 1. The van der Waals surface area contributed by atoms with Crippen molar-refractivity contribution in [3.05, 3.63) is 82.6 Å². The molecule has 9 nitrogen and oxygen atoms in total. The van der Waals surface area contributed by atoms with Gasteiger partial charge in [-0.1, -0.05) is 19.1 Å². The molecule has 0 atom stereocenters. The van der Waals surface area contributed by atoms with Crippen LogP contribution in [0.25, 0.3) is 11.0 Å². The van der Waals surface area contributed by atoms with Crippen molar-refractivity contribution >= 4 is 17.0 Å². The highest BCUT2D eigenvalue weighted by Crippen LogP contribution is 2.31. The summed E-state index contributed by atoms with van der Waals surface area (Å²) in [5, 5.41) is 18.5. The molecule has 1 aliphatic heterocycles. The smallest absolute Gasteiger partial charge is 0.335 e. The van der Waals surface area contributed by atoms with Gasteiger partial charge in [-0.3, -0.25) is 4.90 Å². The molecule has 5 rings (SSSR count). The number of ether oxygens (including phenoxy) is 2. The molecule has 0 amide bonds. The number of aromatic nitrogens is 3. The molecule has 0 saturated carbocycles. The van der Waals surface area contributed by atoms with E-state index in [1.807, 2.05) is 36.7 Å². The predicted octanol–water partition coefficient (Wildman–Crippen LogP) is 5.42. The molecular formula is C31H32FN5O4. The molecule has 1 aliphatic rings. The maximum atomic E-state index is 14.2. The SMILES string of the molecule is CCCOc1cc(C(=O)O)cc2c1nc(CN1CCC(c3cccc(OCc4ccc(C#N)cc4F)n3)CC1)n2C. The van der Waals surface area contributed by atoms with Gasteiger partial charge in [0.2, 0.25) is 5.88 Å². The van der Waals surface area contributed by atoms with Crippen LogP contribution in [0.3, 0.4) is 0 Å². The summed E-state index contributed by atoms with van der Waals surface area (Å²) in [6.45, 7) is 4.88. The molecule has 10 heteroatoms. The second-order valence-corrected chi connectivity index (χ2v) is 10.2. The standard InChI is InChI=1S/C31H32FN5O4/c1-3-13-40-27-16-23(31(38)39)15-26-30(27)35-28(36(26)2)18-37-11-9-21(10-12-37)25-5-4-6-29(34-25)41-19-22-8-7-20(17-33)14-24(22)32/h4-8,14-16,21H,3,9-13,18-19H2,1-2H3,(H,38,39). The van der Waals surface area contributed by atoms with Crippen LogP contribution in [-0.2, 0) is 20.2 Å². The lowest BCUT2D eigenvalue weighted by molar-refractivity contribution is 0.0696. The minimum absolute atomic E-state index is 0.0314. The number of benzene rings is 2. The monoisotopic (exact) mass is 557 g/mol. The fraction of sp³-hybridized carbons (Fsp3) is 0.355. The van der Waals surface area contributed by atoms with Crippen molar-refractivity contribution in [1.29, 1.82) is 5.26 Å². The number of imidazole rings is 1. The number of pyridine rings is 1. The molecule has 212 valence electrons. The molecule has 2 aromatic carbocycles. The fourth-order valence-electron chi connectivity index (χ4n) is 5.10. The van der Waals surface area contributed by atoms with Crippen LogP contribution in [0, 0.1) is 17.1 Å². The molecule has 2 aromatic heterocycles. The number of rotatable bonds is 10. The van der Waals surface area contributed by atoms with Gasteiger partial charge in [0.15, 0.2) is 0 Å². The van der Waals surface area contributed by atoms with Crippen LogP contribution >= 0.6 is 0 Å². The Labute approximate surface area is 237 Å². The van der Waals surface area contributed by atoms with Crippen LogP contribution in [0.2, 0.25) is 0 Å². The molecule has 1 N–H and O–H groups in total. The third-order valence-corrected chi connectivity index (χ3v) is 7.43. The first kappa shape index (κ1) is 28.1. The Morgan fingerprint density at radius 3 is 2.66 bits per heavy atom. The summed E-state index contributed by atoms with van der Waals surface area (Å²) in [6.07, 6.45) is 2.64. The maximum absolute atomic E-state index is 14.2. The van der Waals surface area contributed by atoms with Gasteiger partial charge >= 0.3 is 5.97 Å². The van der Waals surface area contributed by atoms with Gasteiger partial charge in [-0.15, -0.1) is 0 Å². The molecule has 0 radical (unpaired) electrons. The first-order valence-electron chi connectivity index (χ1n) is 13.7. The van der Waals surface area contributed by atoms with Gasteiger partial charge in [0.25, 0.3) is 0 Å². The van der Waals surface area contributed by atoms with Crippen LogP contribution in [0.5, 0.6) is 11.6 Å². The summed E-state index contributed by atoms with van der Waals surface area (Å²) in [7, 11) is 1.91. The van der Waals surface area contributed by atoms with Crippen LogP contribution in [-0.4, -0.2) is 50.2 Å². The van der Waals surface area contributed by atoms with Crippen molar-refractivity contribution in [2.45, 2.75) is 45.3 Å². The highest BCUT2D eigenvalue weighted by molar-refractivity contribution is 5.95. The minimum atomic E-state index is -0.998. The van der Waals surface area contributed by atoms with Crippen LogP contribution in [0.4, 0.5) is 4.39 Å². The molecule has 4 aromatic rings. The van der Waals surface area contributed by atoms with Gasteiger partial charge in [-0.25, -0.2) is 19.2 Å². The summed E-state index contributed by atoms with van der Waals surface area (Å²) >= 11 is 0. The van der Waals surface area contributed by atoms with Gasteiger partial charge in [-0.2, -0.15) is 5.26 Å². The summed E-state index contributed by atoms with van der Waals surface area (Å²) in [5.41, 5.74) is 3.19. The van der Waals surface area contributed by atoms with Crippen LogP contribution in [0.1, 0.15) is 65.1 Å². The van der Waals surface area contributed by atoms with Crippen molar-refractivity contribution in [2.24, 2.45) is 7.05 Å². The number of fused-ring (bicyclic) bond motifs is 1. The first-order valence-corrected chi connectivity index (χ1v) is 13.7. The summed E-state index contributed by atoms with van der Waals surface area (Å²) < 4.78 is 27.8. The van der Waals surface area contributed by atoms with E-state index in [2.05, 4.69) is 9.88 Å². The number of nitrogens with zero attached hydrogens (tertiary/aromatic N) is 5. The Balaban J connectivity index is 1.22. The molecular weight excluding hydrogens is 525 g/mol. The zero-order valence-electron chi connectivity index (χ0n) is 23.1. The van der Waals surface area contributed by atoms with E-state index < -0.39 is 11.8 Å². The zero-order valence-corrected chi connectivity index (χ0v) is 23.1. The zero-order chi connectivity index (χ0) is 28.9. The number of nitriles is 1. The first-order chi connectivity index (χ1) is 19.9. The van der Waals surface area contributed by atoms with E-state index in [0.29, 0.717) is 35.9 Å². The minimum Gasteiger partial charge on any atom is -0.491 e. The van der Waals surface area contributed by atoms with E-state index in [-0.39, 0.29) is 23.7 Å². The van der Waals surface area contributed by atoms with E-state index in [1.165, 1.54) is 6.07 Å². The lowest BCUT2D eigenvalue weighted by Crippen LogP contribution is -2.33. The van der Waals surface area contributed by atoms with Gasteiger partial charge in [0.1, 0.15) is 29.5 Å². The van der Waals surface area contributed by atoms with E-state index in [0.717, 1.165) is 49.4 Å². The third-order valence-electron chi connectivity index (χ3n) is 7.43. The number of piperidine rings is 1. The van der Waals surface area contributed by atoms with E-state index in [4.69, 9.17) is 19.7 Å². The van der Waals surface area contributed by atoms with E-state index in [1.54, 1.807) is 30.3 Å². The van der Waals surface area contributed by atoms with E-state index in [9.17, 15) is 14.3 Å². The van der Waals surface area contributed by atoms with Gasteiger partial charge < -0.3 is 19.1 Å². The second-order valence-electron chi connectivity index (χ2n) is 10.2. The second kappa shape index (κ2) is 12.4. The average molecular weight is 558 g/mol. The van der Waals surface area contributed by atoms with Crippen LogP contribution in [0.15, 0.2) is 48.5 Å². The van der Waals surface area contributed by atoms with Gasteiger partial charge in [-0.05, 0) is 62.7 Å². The molecule has 1 saturated heterocycles. The molecule has 41 heavy (non-hydrogen) atoms. The van der Waals surface area contributed by atoms with Crippen LogP contribution < -0.4 is 9.47 Å². The number of carbonyl (C=O) groups is 1. The maximum Gasteiger partial charge on any atom is 0.335 e. The largest absolute Gasteiger partial charge is 0.491 e. The highest BCUT2D eigenvalue weighted by Gasteiger charge is 2.24. The van der Waals surface area contributed by atoms with Crippen molar-refractivity contribution in [3.63, 3.8) is 0 Å². The van der Waals surface area contributed by atoms with Gasteiger partial charge in [0.05, 0.1) is 35.9 Å². The molecule has 0 bridgehead atoms. The Morgan fingerprint density at radius 2 is 1.95 bits per heavy atom. The molecule has 3 heterocycles. The summed E-state index contributed by atoms with van der Waals surface area (Å²) in [4.78, 5) is 23.6. The highest BCUT2D eigenvalue weighted by atomic mass is 19.1. The lowest BCUT2D eigenvalue weighted by Gasteiger charge is -2.31. The fourth-order valence-corrected chi connectivity index (χ4v) is 5.10. The normalized spacial score (nSPS) is 14.2. The van der Waals surface area contributed by atoms with Crippen molar-refractivity contribution in [3.8, 4) is 17.7 Å². The summed E-state index contributed by atoms with van der Waals surface area (Å²) in [5.74, 6) is 0.593. The van der Waals surface area contributed by atoms with Crippen molar-refractivity contribution in [1.82, 2.24) is 19.4 Å². The van der Waals surface area contributed by atoms with E-state index >= 15 is 0 Å². The third kappa shape index (κ3) is 6.31. The van der Waals surface area contributed by atoms with Crippen molar-refractivity contribution < 1.29 is 23.8 Å². The Morgan fingerprint density at radius 1 is 1.15 bits per heavy atom. The Hall–Kier alpha value is -4.49. The Bertz CT molecular complexity index is 1600. The number of aryl methyl sites for hydroxylation is 1. The molecule has 1 fully saturated rings. The predicted molar refractivity (Wildman–Crippen MR) is 150 cm³/mol. The summed E-state index contributed by atoms with van der Waals surface area (Å²) in [6, 6.07) is 15.1. The molecule has 0 aliphatic carbocycles. The number of hydrogen-bond donors (Lipinski definition) is 1. The number of carboxylic acids is 1. The Kier molecular flexibility index (Phi) is 8.45. The number of likely N-dealkylation sites (tertiary alicyclic amines) is 1. The van der Waals surface area contributed by atoms with Gasteiger partial charge in [0, 0.05) is 30.3 Å². The number of hydrogen-bond acceptors (Lipinski definition) is 7. The number of carboxylic acid groups (broad SMARTS) is 1. The van der Waals surface area contributed by atoms with Crippen molar-refractivity contribution in [2.75, 3.05) is 19.7 Å². The lowest BCUT2D eigenvalue weighted by atomic mass is 9.93. The number of aromatic carboxylic acids is 1. The molecule has 0 spiro atoms.